The molecule has 1 aliphatic rings. The summed E-state index contributed by atoms with van der Waals surface area (Å²) < 4.78 is 32.4. The number of ether oxygens (including phenoxy) is 3. The standard InChI is InChI=1S/C17H30N2O8S/c1-16(2,3)26-14(22)18-28(7,24)11-8-19(15(23)27-17(4,5)6)9-12(13(20)21)25-10-11/h11-12H,8-10H2,1-7H3,(H,20,21)/t11?,12-,28?/m0/s1. The zero-order valence-corrected chi connectivity index (χ0v) is 18.2. The Morgan fingerprint density at radius 3 is 2.07 bits per heavy atom. The lowest BCUT2D eigenvalue weighted by molar-refractivity contribution is -0.150. The van der Waals surface area contributed by atoms with Gasteiger partial charge in [0.05, 0.1) is 28.1 Å². The average Bonchev–Trinajstić information content (AvgIpc) is 2.66. The summed E-state index contributed by atoms with van der Waals surface area (Å²) >= 11 is 0. The molecule has 0 radical (unpaired) electrons. The van der Waals surface area contributed by atoms with Crippen molar-refractivity contribution in [1.82, 2.24) is 4.90 Å². The van der Waals surface area contributed by atoms with Gasteiger partial charge in [-0.3, -0.25) is 0 Å². The molecule has 1 heterocycles. The molecule has 1 saturated heterocycles. The van der Waals surface area contributed by atoms with Gasteiger partial charge in [-0.25, -0.2) is 18.6 Å². The fourth-order valence-electron chi connectivity index (χ4n) is 2.24. The normalized spacial score (nSPS) is 23.2. The van der Waals surface area contributed by atoms with E-state index in [-0.39, 0.29) is 19.7 Å². The molecule has 162 valence electrons. The minimum absolute atomic E-state index is 0.139. The molecule has 1 aliphatic heterocycles. The van der Waals surface area contributed by atoms with Gasteiger partial charge in [-0.2, -0.15) is 0 Å². The Kier molecular flexibility index (Phi) is 7.46. The lowest BCUT2D eigenvalue weighted by Crippen LogP contribution is -2.45. The minimum Gasteiger partial charge on any atom is -0.479 e. The van der Waals surface area contributed by atoms with Crippen LogP contribution >= 0.6 is 0 Å². The topological polar surface area (TPSA) is 132 Å². The predicted molar refractivity (Wildman–Crippen MR) is 102 cm³/mol. The molecule has 0 aromatic heterocycles. The number of aliphatic carboxylic acids is 1. The summed E-state index contributed by atoms with van der Waals surface area (Å²) in [4.78, 5) is 36.9. The van der Waals surface area contributed by atoms with Crippen molar-refractivity contribution in [3.8, 4) is 0 Å². The van der Waals surface area contributed by atoms with E-state index >= 15 is 0 Å². The smallest absolute Gasteiger partial charge is 0.442 e. The molecule has 3 atom stereocenters. The van der Waals surface area contributed by atoms with E-state index in [1.807, 2.05) is 0 Å². The molecule has 28 heavy (non-hydrogen) atoms. The zero-order chi connectivity index (χ0) is 21.9. The van der Waals surface area contributed by atoms with Crippen LogP contribution in [0.15, 0.2) is 4.36 Å². The van der Waals surface area contributed by atoms with Gasteiger partial charge < -0.3 is 24.2 Å². The summed E-state index contributed by atoms with van der Waals surface area (Å²) in [6, 6.07) is 0. The van der Waals surface area contributed by atoms with Crippen LogP contribution in [0.4, 0.5) is 9.59 Å². The van der Waals surface area contributed by atoms with E-state index in [0.29, 0.717) is 0 Å². The third-order valence-corrected chi connectivity index (χ3v) is 5.52. The maximum Gasteiger partial charge on any atom is 0.442 e. The summed E-state index contributed by atoms with van der Waals surface area (Å²) in [5.41, 5.74) is -1.61. The first-order valence-electron chi connectivity index (χ1n) is 8.76. The van der Waals surface area contributed by atoms with Crippen molar-refractivity contribution in [3.63, 3.8) is 0 Å². The number of rotatable bonds is 2. The molecule has 0 saturated carbocycles. The van der Waals surface area contributed by atoms with Crippen molar-refractivity contribution in [2.24, 2.45) is 4.36 Å². The fourth-order valence-corrected chi connectivity index (χ4v) is 3.51. The predicted octanol–water partition coefficient (Wildman–Crippen LogP) is 2.11. The van der Waals surface area contributed by atoms with E-state index in [0.717, 1.165) is 4.90 Å². The first-order valence-corrected chi connectivity index (χ1v) is 10.7. The molecule has 11 heteroatoms. The average molecular weight is 423 g/mol. The fraction of sp³-hybridized carbons (Fsp3) is 0.824. The Balaban J connectivity index is 3.14. The molecule has 10 nitrogen and oxygen atoms in total. The highest BCUT2D eigenvalue weighted by molar-refractivity contribution is 7.93. The van der Waals surface area contributed by atoms with Crippen LogP contribution < -0.4 is 0 Å². The van der Waals surface area contributed by atoms with Crippen LogP contribution in [0.3, 0.4) is 0 Å². The number of nitrogens with zero attached hydrogens (tertiary/aromatic N) is 2. The molecule has 2 unspecified atom stereocenters. The van der Waals surface area contributed by atoms with Gasteiger partial charge in [-0.05, 0) is 41.5 Å². The third kappa shape index (κ3) is 8.01. The Labute approximate surface area is 165 Å². The van der Waals surface area contributed by atoms with E-state index in [1.165, 1.54) is 6.26 Å². The van der Waals surface area contributed by atoms with Crippen molar-refractivity contribution in [2.75, 3.05) is 26.0 Å². The first kappa shape index (κ1) is 24.2. The van der Waals surface area contributed by atoms with Crippen LogP contribution in [0.25, 0.3) is 0 Å². The van der Waals surface area contributed by atoms with Gasteiger partial charge in [-0.1, -0.05) is 0 Å². The van der Waals surface area contributed by atoms with Gasteiger partial charge in [0, 0.05) is 12.8 Å². The number of carbonyl (C=O) groups is 3. The zero-order valence-electron chi connectivity index (χ0n) is 17.4. The highest BCUT2D eigenvalue weighted by Crippen LogP contribution is 2.18. The number of hydrogen-bond donors (Lipinski definition) is 1. The summed E-state index contributed by atoms with van der Waals surface area (Å²) in [5, 5.41) is 8.38. The van der Waals surface area contributed by atoms with Gasteiger partial charge in [0.15, 0.2) is 6.10 Å². The molecule has 1 N–H and O–H groups in total. The molecule has 1 fully saturated rings. The van der Waals surface area contributed by atoms with E-state index in [4.69, 9.17) is 14.2 Å². The second kappa shape index (κ2) is 8.64. The van der Waals surface area contributed by atoms with Gasteiger partial charge in [0.25, 0.3) is 0 Å². The van der Waals surface area contributed by atoms with Crippen LogP contribution in [0.1, 0.15) is 41.5 Å². The Morgan fingerprint density at radius 2 is 1.61 bits per heavy atom. The maximum absolute atomic E-state index is 13.0. The van der Waals surface area contributed by atoms with E-state index in [9.17, 15) is 23.7 Å². The number of carboxylic acid groups (broad SMARTS) is 1. The Hall–Kier alpha value is -1.88. The highest BCUT2D eigenvalue weighted by atomic mass is 32.2. The lowest BCUT2D eigenvalue weighted by Gasteiger charge is -2.28. The molecule has 0 bridgehead atoms. The largest absolute Gasteiger partial charge is 0.479 e. The number of carbonyl (C=O) groups excluding carboxylic acids is 2. The number of amides is 2. The van der Waals surface area contributed by atoms with Crippen molar-refractivity contribution in [3.05, 3.63) is 0 Å². The van der Waals surface area contributed by atoms with E-state index in [2.05, 4.69) is 4.36 Å². The van der Waals surface area contributed by atoms with Crippen LogP contribution in [-0.4, -0.2) is 80.9 Å². The van der Waals surface area contributed by atoms with Crippen molar-refractivity contribution in [2.45, 2.75) is 64.1 Å². The number of hydrogen-bond acceptors (Lipinski definition) is 7. The number of carboxylic acids is 1. The third-order valence-electron chi connectivity index (χ3n) is 3.49. The minimum atomic E-state index is -3.20. The molecular weight excluding hydrogens is 392 g/mol. The van der Waals surface area contributed by atoms with Gasteiger partial charge in [0.1, 0.15) is 11.2 Å². The van der Waals surface area contributed by atoms with Gasteiger partial charge in [-0.15, -0.1) is 4.36 Å². The molecule has 0 spiro atoms. The van der Waals surface area contributed by atoms with E-state index < -0.39 is 50.4 Å². The van der Waals surface area contributed by atoms with Crippen molar-refractivity contribution in [1.29, 1.82) is 0 Å². The maximum atomic E-state index is 13.0. The van der Waals surface area contributed by atoms with Crippen molar-refractivity contribution >= 4 is 27.9 Å². The Morgan fingerprint density at radius 1 is 1.07 bits per heavy atom. The quantitative estimate of drug-likeness (QED) is 0.715. The Bertz CT molecular complexity index is 728. The van der Waals surface area contributed by atoms with Gasteiger partial charge in [0.2, 0.25) is 0 Å². The molecule has 2 amide bonds. The monoisotopic (exact) mass is 422 g/mol. The SMILES string of the molecule is CC(C)(C)OC(=O)N=S(C)(=O)C1CO[C@H](C(=O)O)CN(C(=O)OC(C)(C)C)C1. The van der Waals surface area contributed by atoms with Crippen molar-refractivity contribution < 1.29 is 37.9 Å². The van der Waals surface area contributed by atoms with Crippen LogP contribution in [0.5, 0.6) is 0 Å². The summed E-state index contributed by atoms with van der Waals surface area (Å²) in [6.45, 7) is 9.29. The van der Waals surface area contributed by atoms with E-state index in [1.54, 1.807) is 41.5 Å². The molecule has 1 rings (SSSR count). The molecule has 0 aromatic carbocycles. The summed E-state index contributed by atoms with van der Waals surface area (Å²) in [7, 11) is -3.20. The second-order valence-corrected chi connectivity index (χ2v) is 11.2. The molecule has 0 aliphatic carbocycles. The summed E-state index contributed by atoms with van der Waals surface area (Å²) in [5.74, 6) is -1.26. The highest BCUT2D eigenvalue weighted by Gasteiger charge is 2.37. The summed E-state index contributed by atoms with van der Waals surface area (Å²) in [6.07, 6.45) is -1.82. The lowest BCUT2D eigenvalue weighted by atomic mass is 10.2. The second-order valence-electron chi connectivity index (χ2n) is 8.60. The first-order chi connectivity index (χ1) is 12.5. The van der Waals surface area contributed by atoms with Gasteiger partial charge >= 0.3 is 18.2 Å². The van der Waals surface area contributed by atoms with Crippen LogP contribution in [0.2, 0.25) is 0 Å². The van der Waals surface area contributed by atoms with Crippen LogP contribution in [0, 0.1) is 0 Å². The van der Waals surface area contributed by atoms with Crippen LogP contribution in [-0.2, 0) is 28.7 Å². The molecular formula is C17H30N2O8S. The molecule has 0 aromatic rings.